The molecular formula is C24H27ClN2O4S2. The first kappa shape index (κ1) is 24.4. The maximum atomic E-state index is 13.9. The monoisotopic (exact) mass is 506 g/mol. The van der Waals surface area contributed by atoms with Crippen LogP contribution in [0, 0.1) is 0 Å². The molecule has 2 aromatic rings. The Labute approximate surface area is 208 Å². The normalized spacial score (nSPS) is 28.6. The molecule has 5 rings (SSSR count). The van der Waals surface area contributed by atoms with Crippen LogP contribution in [0.4, 0.5) is 0 Å². The summed E-state index contributed by atoms with van der Waals surface area (Å²) in [5, 5.41) is 0.152. The van der Waals surface area contributed by atoms with E-state index in [0.717, 1.165) is 17.5 Å². The molecule has 2 aromatic carbocycles. The average molecular weight is 507 g/mol. The summed E-state index contributed by atoms with van der Waals surface area (Å²) in [5.41, 5.74) is 7.82. The SMILES string of the molecule is Cl.NC1C(=O)N2CC(SC3CCOC3)(C(=O)OC(c3ccccc3)c3ccccc3)CS[C@H]12. The van der Waals surface area contributed by atoms with Crippen LogP contribution < -0.4 is 5.73 Å². The topological polar surface area (TPSA) is 81.9 Å². The van der Waals surface area contributed by atoms with Gasteiger partial charge in [0.25, 0.3) is 0 Å². The molecule has 0 spiro atoms. The second kappa shape index (κ2) is 10.3. The Morgan fingerprint density at radius 2 is 1.79 bits per heavy atom. The average Bonchev–Trinajstić information content (AvgIpc) is 3.35. The first-order chi connectivity index (χ1) is 15.6. The van der Waals surface area contributed by atoms with Crippen LogP contribution in [0.3, 0.4) is 0 Å². The lowest BCUT2D eigenvalue weighted by molar-refractivity contribution is -0.154. The molecule has 2 N–H and O–H groups in total. The second-order valence-corrected chi connectivity index (χ2v) is 11.2. The van der Waals surface area contributed by atoms with E-state index in [4.69, 9.17) is 15.2 Å². The van der Waals surface area contributed by atoms with Crippen molar-refractivity contribution in [3.63, 3.8) is 0 Å². The number of amides is 1. The van der Waals surface area contributed by atoms with Gasteiger partial charge < -0.3 is 20.1 Å². The van der Waals surface area contributed by atoms with E-state index in [2.05, 4.69) is 0 Å². The van der Waals surface area contributed by atoms with Crippen molar-refractivity contribution in [2.75, 3.05) is 25.5 Å². The molecule has 3 unspecified atom stereocenters. The van der Waals surface area contributed by atoms with E-state index in [1.165, 1.54) is 0 Å². The molecule has 0 aliphatic carbocycles. The zero-order valence-electron chi connectivity index (χ0n) is 18.0. The summed E-state index contributed by atoms with van der Waals surface area (Å²) in [6.45, 7) is 1.64. The van der Waals surface area contributed by atoms with Crippen molar-refractivity contribution in [2.24, 2.45) is 5.73 Å². The van der Waals surface area contributed by atoms with Gasteiger partial charge in [-0.05, 0) is 17.5 Å². The van der Waals surface area contributed by atoms with Crippen LogP contribution in [-0.2, 0) is 19.1 Å². The van der Waals surface area contributed by atoms with Crippen LogP contribution in [0.2, 0.25) is 0 Å². The van der Waals surface area contributed by atoms with Crippen LogP contribution in [0.1, 0.15) is 23.7 Å². The summed E-state index contributed by atoms with van der Waals surface area (Å²) in [5.74, 6) is 0.183. The van der Waals surface area contributed by atoms with Gasteiger partial charge >= 0.3 is 5.97 Å². The molecule has 3 aliphatic rings. The second-order valence-electron chi connectivity index (χ2n) is 8.40. The first-order valence-corrected chi connectivity index (χ1v) is 12.7. The van der Waals surface area contributed by atoms with Gasteiger partial charge in [0.1, 0.15) is 16.2 Å². The van der Waals surface area contributed by atoms with Crippen LogP contribution >= 0.6 is 35.9 Å². The minimum absolute atomic E-state index is 0. The highest BCUT2D eigenvalue weighted by Crippen LogP contribution is 2.47. The summed E-state index contributed by atoms with van der Waals surface area (Å²) in [6.07, 6.45) is 0.376. The van der Waals surface area contributed by atoms with E-state index in [1.807, 2.05) is 60.7 Å². The van der Waals surface area contributed by atoms with E-state index >= 15 is 0 Å². The molecule has 0 saturated carbocycles. The molecule has 3 aliphatic heterocycles. The number of fused-ring (bicyclic) bond motifs is 1. The summed E-state index contributed by atoms with van der Waals surface area (Å²) < 4.78 is 11.0. The molecule has 6 nitrogen and oxygen atoms in total. The van der Waals surface area contributed by atoms with E-state index in [-0.39, 0.29) is 34.9 Å². The first-order valence-electron chi connectivity index (χ1n) is 10.8. The summed E-state index contributed by atoms with van der Waals surface area (Å²) >= 11 is 3.18. The Bertz CT molecular complexity index is 937. The highest BCUT2D eigenvalue weighted by atomic mass is 35.5. The molecule has 0 radical (unpaired) electrons. The highest BCUT2D eigenvalue weighted by molar-refractivity contribution is 8.05. The predicted octanol–water partition coefficient (Wildman–Crippen LogP) is 3.24. The molecule has 3 heterocycles. The fourth-order valence-corrected chi connectivity index (χ4v) is 7.60. The minimum Gasteiger partial charge on any atom is -0.451 e. The van der Waals surface area contributed by atoms with Crippen molar-refractivity contribution < 1.29 is 19.1 Å². The van der Waals surface area contributed by atoms with Crippen LogP contribution in [0.5, 0.6) is 0 Å². The summed E-state index contributed by atoms with van der Waals surface area (Å²) in [7, 11) is 0. The molecule has 9 heteroatoms. The van der Waals surface area contributed by atoms with Crippen molar-refractivity contribution in [2.45, 2.75) is 33.9 Å². The van der Waals surface area contributed by atoms with E-state index < -0.39 is 16.9 Å². The highest BCUT2D eigenvalue weighted by Gasteiger charge is 2.57. The van der Waals surface area contributed by atoms with Gasteiger partial charge in [-0.1, -0.05) is 60.7 Å². The molecule has 3 fully saturated rings. The van der Waals surface area contributed by atoms with E-state index in [1.54, 1.807) is 28.4 Å². The van der Waals surface area contributed by atoms with Gasteiger partial charge in [0, 0.05) is 24.2 Å². The van der Waals surface area contributed by atoms with Gasteiger partial charge in [0.05, 0.1) is 6.61 Å². The number of nitrogens with two attached hydrogens (primary N) is 1. The number of carbonyl (C=O) groups excluding carboxylic acids is 2. The summed E-state index contributed by atoms with van der Waals surface area (Å²) in [4.78, 5) is 28.0. The third kappa shape index (κ3) is 4.77. The number of thioether (sulfide) groups is 2. The van der Waals surface area contributed by atoms with Gasteiger partial charge in [-0.3, -0.25) is 9.59 Å². The minimum atomic E-state index is -0.850. The molecule has 4 atom stereocenters. The maximum Gasteiger partial charge on any atom is 0.325 e. The van der Waals surface area contributed by atoms with Gasteiger partial charge in [0.15, 0.2) is 6.10 Å². The fraction of sp³-hybridized carbons (Fsp3) is 0.417. The van der Waals surface area contributed by atoms with Crippen molar-refractivity contribution in [1.82, 2.24) is 4.90 Å². The van der Waals surface area contributed by atoms with Crippen molar-refractivity contribution in [3.05, 3.63) is 71.8 Å². The molecule has 176 valence electrons. The van der Waals surface area contributed by atoms with E-state index in [0.29, 0.717) is 25.5 Å². The third-order valence-electron chi connectivity index (χ3n) is 6.18. The van der Waals surface area contributed by atoms with Gasteiger partial charge in [-0.25, -0.2) is 0 Å². The van der Waals surface area contributed by atoms with Crippen LogP contribution in [0.15, 0.2) is 60.7 Å². The standard InChI is InChI=1S/C24H26N2O4S2.ClH/c25-19-21(27)26-14-24(15-31-22(19)26,32-18-11-12-29-13-18)23(28)30-20(16-7-3-1-4-8-16)17-9-5-2-6-10-17;/h1-10,18-20,22H,11-15,25H2;1H/t18?,19?,22-,24?;/m1./s1. The molecule has 3 saturated heterocycles. The third-order valence-corrected chi connectivity index (χ3v) is 9.51. The number of rotatable bonds is 6. The molecule has 0 aromatic heterocycles. The zero-order chi connectivity index (χ0) is 22.1. The molecule has 1 amide bonds. The zero-order valence-corrected chi connectivity index (χ0v) is 20.5. The number of β-lactam (4-membered cyclic amide) rings is 1. The Balaban J connectivity index is 0.00000259. The number of carbonyl (C=O) groups is 2. The smallest absolute Gasteiger partial charge is 0.325 e. The van der Waals surface area contributed by atoms with Gasteiger partial charge in [0.2, 0.25) is 5.91 Å². The van der Waals surface area contributed by atoms with Gasteiger partial charge in [-0.15, -0.1) is 35.9 Å². The Morgan fingerprint density at radius 1 is 1.15 bits per heavy atom. The quantitative estimate of drug-likeness (QED) is 0.475. The Hall–Kier alpha value is -1.71. The number of esters is 1. The number of nitrogens with zero attached hydrogens (tertiary/aromatic N) is 1. The fourth-order valence-electron chi connectivity index (χ4n) is 4.42. The lowest BCUT2D eigenvalue weighted by atomic mass is 10.00. The molecule has 0 bridgehead atoms. The summed E-state index contributed by atoms with van der Waals surface area (Å²) in [6, 6.07) is 19.1. The number of hydrogen-bond acceptors (Lipinski definition) is 7. The number of benzene rings is 2. The Morgan fingerprint density at radius 3 is 2.36 bits per heavy atom. The molecule has 33 heavy (non-hydrogen) atoms. The maximum absolute atomic E-state index is 13.9. The number of halogens is 1. The van der Waals surface area contributed by atoms with Crippen LogP contribution in [-0.4, -0.2) is 63.7 Å². The van der Waals surface area contributed by atoms with Crippen molar-refractivity contribution in [1.29, 1.82) is 0 Å². The lowest BCUT2D eigenvalue weighted by Crippen LogP contribution is -2.73. The van der Waals surface area contributed by atoms with Crippen LogP contribution in [0.25, 0.3) is 0 Å². The number of ether oxygens (including phenoxy) is 2. The number of hydrogen-bond donors (Lipinski definition) is 1. The van der Waals surface area contributed by atoms with Crippen molar-refractivity contribution >= 4 is 47.8 Å². The van der Waals surface area contributed by atoms with E-state index in [9.17, 15) is 9.59 Å². The largest absolute Gasteiger partial charge is 0.451 e. The Kier molecular flexibility index (Phi) is 7.60. The van der Waals surface area contributed by atoms with Gasteiger partial charge in [-0.2, -0.15) is 0 Å². The van der Waals surface area contributed by atoms with Crippen molar-refractivity contribution in [3.8, 4) is 0 Å². The predicted molar refractivity (Wildman–Crippen MR) is 134 cm³/mol. The molecular weight excluding hydrogens is 480 g/mol. The lowest BCUT2D eigenvalue weighted by Gasteiger charge is -2.53.